The van der Waals surface area contributed by atoms with Gasteiger partial charge in [0.05, 0.1) is 26.9 Å². The SMILES string of the molecule is COc1cc(C2C3=C(CC(C)C4(Oc5c(Cl)c(OC)cc(OC)c5C4=O)C3=O)Nc3[nH]c(=O)[nH]c(=O)c32)ccc1OCc1nccn1C. The molecule has 0 saturated carbocycles. The van der Waals surface area contributed by atoms with Crippen LogP contribution in [-0.2, 0) is 18.4 Å². The number of carbonyl (C=O) groups is 2. The molecule has 3 atom stereocenters. The van der Waals surface area contributed by atoms with Gasteiger partial charge in [-0.3, -0.25) is 24.4 Å². The zero-order valence-corrected chi connectivity index (χ0v) is 27.2. The van der Waals surface area contributed by atoms with Gasteiger partial charge in [-0.2, -0.15) is 0 Å². The highest BCUT2D eigenvalue weighted by atomic mass is 35.5. The van der Waals surface area contributed by atoms with Crippen LogP contribution in [0.15, 0.2) is 57.5 Å². The molecule has 2 aliphatic heterocycles. The second-order valence-corrected chi connectivity index (χ2v) is 12.1. The van der Waals surface area contributed by atoms with Crippen LogP contribution in [0.3, 0.4) is 0 Å². The molecule has 48 heavy (non-hydrogen) atoms. The lowest BCUT2D eigenvalue weighted by molar-refractivity contribution is -0.130. The Kier molecular flexibility index (Phi) is 7.35. The van der Waals surface area contributed by atoms with Gasteiger partial charge in [0.2, 0.25) is 17.2 Å². The van der Waals surface area contributed by atoms with Crippen molar-refractivity contribution >= 4 is 29.0 Å². The Labute approximate surface area is 277 Å². The van der Waals surface area contributed by atoms with Gasteiger partial charge in [0, 0.05) is 48.6 Å². The summed E-state index contributed by atoms with van der Waals surface area (Å²) in [6.07, 6.45) is 3.60. The Morgan fingerprint density at radius 2 is 1.75 bits per heavy atom. The molecule has 4 heterocycles. The van der Waals surface area contributed by atoms with Crippen molar-refractivity contribution < 1.29 is 33.3 Å². The van der Waals surface area contributed by atoms with Gasteiger partial charge in [0.25, 0.3) is 5.56 Å². The monoisotopic (exact) mass is 675 g/mol. The molecule has 0 radical (unpaired) electrons. The molecule has 14 nitrogen and oxygen atoms in total. The lowest BCUT2D eigenvalue weighted by Gasteiger charge is -2.42. The van der Waals surface area contributed by atoms with Crippen LogP contribution in [-0.4, -0.2) is 58.0 Å². The molecule has 3 aliphatic rings. The zero-order chi connectivity index (χ0) is 34.1. The summed E-state index contributed by atoms with van der Waals surface area (Å²) in [5, 5.41) is 3.11. The minimum atomic E-state index is -2.04. The van der Waals surface area contributed by atoms with Gasteiger partial charge in [-0.15, -0.1) is 0 Å². The summed E-state index contributed by atoms with van der Waals surface area (Å²) in [6.45, 7) is 1.87. The molecule has 2 aromatic carbocycles. The number of hydrogen-bond acceptors (Lipinski definition) is 11. The summed E-state index contributed by atoms with van der Waals surface area (Å²) >= 11 is 6.62. The average molecular weight is 676 g/mol. The second kappa shape index (κ2) is 11.3. The van der Waals surface area contributed by atoms with Gasteiger partial charge < -0.3 is 33.6 Å². The predicted octanol–water partition coefficient (Wildman–Crippen LogP) is 3.49. The second-order valence-electron chi connectivity index (χ2n) is 11.7. The van der Waals surface area contributed by atoms with Crippen LogP contribution in [0, 0.1) is 5.92 Å². The van der Waals surface area contributed by atoms with Crippen molar-refractivity contribution in [3.8, 4) is 28.7 Å². The summed E-state index contributed by atoms with van der Waals surface area (Å²) in [6, 6.07) is 6.47. The number of nitrogens with zero attached hydrogens (tertiary/aromatic N) is 2. The van der Waals surface area contributed by atoms with Crippen molar-refractivity contribution in [2.75, 3.05) is 26.6 Å². The number of H-pyrrole nitrogens is 2. The number of aryl methyl sites for hydroxylation is 1. The number of anilines is 1. The van der Waals surface area contributed by atoms with E-state index in [0.29, 0.717) is 28.6 Å². The minimum absolute atomic E-state index is 0.0156. The van der Waals surface area contributed by atoms with Gasteiger partial charge in [-0.1, -0.05) is 24.6 Å². The molecule has 1 aliphatic carbocycles. The van der Waals surface area contributed by atoms with Crippen LogP contribution in [0.25, 0.3) is 0 Å². The number of ether oxygens (including phenoxy) is 5. The van der Waals surface area contributed by atoms with Gasteiger partial charge >= 0.3 is 5.69 Å². The summed E-state index contributed by atoms with van der Waals surface area (Å²) in [5.41, 5.74) is -2.39. The van der Waals surface area contributed by atoms with Crippen LogP contribution >= 0.6 is 11.6 Å². The van der Waals surface area contributed by atoms with E-state index in [4.69, 9.17) is 35.3 Å². The molecule has 248 valence electrons. The third kappa shape index (κ3) is 4.43. The number of halogens is 1. The van der Waals surface area contributed by atoms with Crippen LogP contribution in [0.4, 0.5) is 5.82 Å². The lowest BCUT2D eigenvalue weighted by Crippen LogP contribution is -2.58. The fourth-order valence-corrected chi connectivity index (χ4v) is 7.04. The first-order chi connectivity index (χ1) is 23.0. The van der Waals surface area contributed by atoms with E-state index in [1.54, 1.807) is 37.5 Å². The van der Waals surface area contributed by atoms with Gasteiger partial charge in [-0.25, -0.2) is 9.78 Å². The molecule has 0 bridgehead atoms. The number of fused-ring (bicyclic) bond motifs is 2. The van der Waals surface area contributed by atoms with E-state index >= 15 is 0 Å². The van der Waals surface area contributed by atoms with E-state index in [9.17, 15) is 19.2 Å². The quantitative estimate of drug-likeness (QED) is 0.245. The third-order valence-electron chi connectivity index (χ3n) is 9.16. The van der Waals surface area contributed by atoms with Crippen molar-refractivity contribution in [2.24, 2.45) is 13.0 Å². The van der Waals surface area contributed by atoms with Crippen LogP contribution in [0.5, 0.6) is 28.7 Å². The normalized spacial score (nSPS) is 20.9. The Hall–Kier alpha value is -5.50. The lowest BCUT2D eigenvalue weighted by atomic mass is 9.66. The Bertz CT molecular complexity index is 2180. The maximum atomic E-state index is 15.0. The fourth-order valence-electron chi connectivity index (χ4n) is 6.78. The topological polar surface area (TPSA) is 176 Å². The van der Waals surface area contributed by atoms with Crippen LogP contribution < -0.4 is 40.3 Å². The minimum Gasteiger partial charge on any atom is -0.496 e. The molecule has 0 fully saturated rings. The number of benzene rings is 2. The average Bonchev–Trinajstić information content (AvgIpc) is 3.62. The Morgan fingerprint density at radius 1 is 1.00 bits per heavy atom. The van der Waals surface area contributed by atoms with Crippen LogP contribution in [0.1, 0.15) is 46.6 Å². The molecule has 3 unspecified atom stereocenters. The highest BCUT2D eigenvalue weighted by Gasteiger charge is 2.63. The van der Waals surface area contributed by atoms with Crippen molar-refractivity contribution in [3.63, 3.8) is 0 Å². The third-order valence-corrected chi connectivity index (χ3v) is 9.52. The van der Waals surface area contributed by atoms with Gasteiger partial charge in [0.1, 0.15) is 40.3 Å². The molecule has 0 amide bonds. The number of aromatic amines is 2. The van der Waals surface area contributed by atoms with Gasteiger partial charge in [0.15, 0.2) is 17.2 Å². The first-order valence-electron chi connectivity index (χ1n) is 14.9. The molecule has 15 heteroatoms. The van der Waals surface area contributed by atoms with Crippen molar-refractivity contribution in [1.29, 1.82) is 0 Å². The maximum absolute atomic E-state index is 15.0. The maximum Gasteiger partial charge on any atom is 0.327 e. The summed E-state index contributed by atoms with van der Waals surface area (Å²) in [5.74, 6) is -1.23. The summed E-state index contributed by atoms with van der Waals surface area (Å²) < 4.78 is 30.7. The fraction of sp³-hybridized carbons (Fsp3) is 0.303. The van der Waals surface area contributed by atoms with E-state index in [0.717, 1.165) is 0 Å². The summed E-state index contributed by atoms with van der Waals surface area (Å²) in [4.78, 5) is 64.5. The molecule has 4 aromatic rings. The van der Waals surface area contributed by atoms with E-state index in [1.165, 1.54) is 27.4 Å². The standard InChI is InChI=1S/C33H30ClN5O9/c1-14-10-16-23(28(40)33(14)29(41)24-19(45-4)12-20(46-5)26(34)27(24)48-33)22(25-30(36-16)37-32(43)38-31(25)42)15-6-7-17(18(11-15)44-3)47-13-21-35-8-9-39(21)2/h6-9,11-12,14,22H,10,13H2,1-5H3,(H3,36,37,38,42,43). The number of rotatable bonds is 7. The molecule has 0 saturated heterocycles. The summed E-state index contributed by atoms with van der Waals surface area (Å²) in [7, 11) is 6.11. The highest BCUT2D eigenvalue weighted by Crippen LogP contribution is 2.56. The number of aromatic nitrogens is 4. The number of carbonyl (C=O) groups excluding carboxylic acids is 2. The molecule has 3 N–H and O–H groups in total. The number of methoxy groups -OCH3 is 3. The van der Waals surface area contributed by atoms with E-state index < -0.39 is 40.3 Å². The molecular weight excluding hydrogens is 646 g/mol. The number of ketones is 2. The van der Waals surface area contributed by atoms with Crippen LogP contribution in [0.2, 0.25) is 5.02 Å². The molecular formula is C33H30ClN5O9. The number of Topliss-reactive ketones (excluding diaryl/α,β-unsaturated/α-hetero) is 2. The zero-order valence-electron chi connectivity index (χ0n) is 26.5. The highest BCUT2D eigenvalue weighted by molar-refractivity contribution is 6.36. The van der Waals surface area contributed by atoms with E-state index in [2.05, 4.69) is 20.3 Å². The van der Waals surface area contributed by atoms with E-state index in [1.807, 2.05) is 11.6 Å². The van der Waals surface area contributed by atoms with Crippen molar-refractivity contribution in [2.45, 2.75) is 31.5 Å². The molecule has 1 spiro atoms. The largest absolute Gasteiger partial charge is 0.496 e. The Balaban J connectivity index is 1.37. The molecule has 7 rings (SSSR count). The Morgan fingerprint density at radius 3 is 2.44 bits per heavy atom. The number of hydrogen-bond donors (Lipinski definition) is 3. The number of nitrogens with one attached hydrogen (secondary N) is 3. The smallest absolute Gasteiger partial charge is 0.327 e. The number of allylic oxidation sites excluding steroid dienone is 1. The number of imidazole rings is 1. The first-order valence-corrected chi connectivity index (χ1v) is 15.3. The molecule has 2 aromatic heterocycles. The predicted molar refractivity (Wildman–Crippen MR) is 172 cm³/mol. The van der Waals surface area contributed by atoms with E-state index in [-0.39, 0.29) is 57.8 Å². The first kappa shape index (κ1) is 31.1. The van der Waals surface area contributed by atoms with Crippen molar-refractivity contribution in [1.82, 2.24) is 19.5 Å². The van der Waals surface area contributed by atoms with Gasteiger partial charge in [-0.05, 0) is 24.1 Å². The van der Waals surface area contributed by atoms with Crippen molar-refractivity contribution in [3.05, 3.63) is 96.3 Å².